The van der Waals surface area contributed by atoms with Crippen LogP contribution in [0.25, 0.3) is 0 Å². The first-order valence-electron chi connectivity index (χ1n) is 13.8. The average molecular weight is 499 g/mol. The van der Waals surface area contributed by atoms with E-state index in [0.29, 0.717) is 24.7 Å². The summed E-state index contributed by atoms with van der Waals surface area (Å²) in [5.41, 5.74) is 2.07. The van der Waals surface area contributed by atoms with Crippen molar-refractivity contribution >= 4 is 7.60 Å². The zero-order valence-electron chi connectivity index (χ0n) is 21.6. The lowest BCUT2D eigenvalue weighted by atomic mass is 9.76. The van der Waals surface area contributed by atoms with Crippen molar-refractivity contribution in [1.82, 2.24) is 0 Å². The molecule has 6 heteroatoms. The van der Waals surface area contributed by atoms with Crippen molar-refractivity contribution in [2.75, 3.05) is 12.8 Å². The van der Waals surface area contributed by atoms with E-state index in [1.165, 1.54) is 44.9 Å². The smallest absolute Gasteiger partial charge is 0.325 e. The summed E-state index contributed by atoms with van der Waals surface area (Å²) in [6.45, 7) is 5.00. The minimum atomic E-state index is -3.82. The summed E-state index contributed by atoms with van der Waals surface area (Å²) in [7, 11) is -3.82. The van der Waals surface area contributed by atoms with Crippen LogP contribution in [-0.2, 0) is 11.0 Å². The number of unbranched alkanes of at least 4 members (excludes halogenated alkanes) is 8. The molecular formula is C28H48FO4P. The third-order valence-electron chi connectivity index (χ3n) is 7.38. The first kappa shape index (κ1) is 29.3. The molecule has 1 aliphatic rings. The van der Waals surface area contributed by atoms with Crippen LogP contribution in [0.3, 0.4) is 0 Å². The number of rotatable bonds is 17. The zero-order valence-corrected chi connectivity index (χ0v) is 22.5. The molecule has 2 N–H and O–H groups in total. The lowest BCUT2D eigenvalue weighted by Gasteiger charge is -2.30. The maximum absolute atomic E-state index is 15.1. The summed E-state index contributed by atoms with van der Waals surface area (Å²) >= 11 is 0. The largest absolute Gasteiger partial charge is 0.493 e. The van der Waals surface area contributed by atoms with Gasteiger partial charge in [0.25, 0.3) is 0 Å². The Kier molecular flexibility index (Phi) is 13.8. The van der Waals surface area contributed by atoms with E-state index in [4.69, 9.17) is 14.5 Å². The summed E-state index contributed by atoms with van der Waals surface area (Å²) < 4.78 is 31.8. The molecule has 0 heterocycles. The lowest BCUT2D eigenvalue weighted by Crippen LogP contribution is -2.16. The highest BCUT2D eigenvalue weighted by atomic mass is 31.2. The van der Waals surface area contributed by atoms with Gasteiger partial charge in [-0.05, 0) is 74.0 Å². The molecule has 1 saturated carbocycles. The fourth-order valence-electron chi connectivity index (χ4n) is 5.48. The quantitative estimate of drug-likeness (QED) is 0.167. The van der Waals surface area contributed by atoms with E-state index in [0.717, 1.165) is 68.4 Å². The van der Waals surface area contributed by atoms with Gasteiger partial charge in [-0.2, -0.15) is 0 Å². The van der Waals surface area contributed by atoms with Crippen LogP contribution in [-0.4, -0.2) is 22.6 Å². The molecule has 34 heavy (non-hydrogen) atoms. The molecule has 1 aromatic rings. The fourth-order valence-corrected chi connectivity index (χ4v) is 6.11. The van der Waals surface area contributed by atoms with Gasteiger partial charge in [-0.1, -0.05) is 71.6 Å². The average Bonchev–Trinajstić information content (AvgIpc) is 2.79. The SMILES string of the molecule is CCCC1CCC(c2c(F)cc(OCCCCCCCCCCCP(=O)(O)O)cc2CC)CC1. The van der Waals surface area contributed by atoms with Gasteiger partial charge in [0.1, 0.15) is 11.6 Å². The first-order valence-corrected chi connectivity index (χ1v) is 15.6. The Balaban J connectivity index is 1.62. The number of hydrogen-bond donors (Lipinski definition) is 2. The van der Waals surface area contributed by atoms with Gasteiger partial charge >= 0.3 is 7.60 Å². The highest BCUT2D eigenvalue weighted by Gasteiger charge is 2.26. The van der Waals surface area contributed by atoms with E-state index in [1.54, 1.807) is 6.07 Å². The minimum Gasteiger partial charge on any atom is -0.493 e. The number of benzene rings is 1. The van der Waals surface area contributed by atoms with Gasteiger partial charge < -0.3 is 14.5 Å². The van der Waals surface area contributed by atoms with Gasteiger partial charge in [0.05, 0.1) is 6.61 Å². The number of aryl methyl sites for hydroxylation is 1. The molecule has 196 valence electrons. The third-order valence-corrected chi connectivity index (χ3v) is 8.28. The molecule has 0 radical (unpaired) electrons. The topological polar surface area (TPSA) is 66.8 Å². The molecule has 0 aromatic heterocycles. The highest BCUT2D eigenvalue weighted by Crippen LogP contribution is 2.41. The molecule has 1 fully saturated rings. The normalized spacial score (nSPS) is 18.9. The lowest BCUT2D eigenvalue weighted by molar-refractivity contribution is 0.296. The summed E-state index contributed by atoms with van der Waals surface area (Å²) in [4.78, 5) is 17.7. The summed E-state index contributed by atoms with van der Waals surface area (Å²) in [6, 6.07) is 3.68. The Morgan fingerprint density at radius 3 is 2.06 bits per heavy atom. The summed E-state index contributed by atoms with van der Waals surface area (Å²) in [5, 5.41) is 0. The summed E-state index contributed by atoms with van der Waals surface area (Å²) in [6.07, 6.45) is 17.4. The third kappa shape index (κ3) is 11.2. The maximum atomic E-state index is 15.1. The van der Waals surface area contributed by atoms with Crippen LogP contribution in [0.4, 0.5) is 4.39 Å². The second-order valence-corrected chi connectivity index (χ2v) is 12.0. The molecule has 0 amide bonds. The molecule has 0 aliphatic heterocycles. The van der Waals surface area contributed by atoms with Crippen LogP contribution >= 0.6 is 7.60 Å². The van der Waals surface area contributed by atoms with Crippen LogP contribution in [0, 0.1) is 11.7 Å². The predicted molar refractivity (Wildman–Crippen MR) is 139 cm³/mol. The van der Waals surface area contributed by atoms with Crippen molar-refractivity contribution in [3.8, 4) is 5.75 Å². The summed E-state index contributed by atoms with van der Waals surface area (Å²) in [5.74, 6) is 1.79. The van der Waals surface area contributed by atoms with Gasteiger partial charge in [0.15, 0.2) is 0 Å². The van der Waals surface area contributed by atoms with Crippen molar-refractivity contribution in [2.45, 2.75) is 122 Å². The van der Waals surface area contributed by atoms with Crippen molar-refractivity contribution in [2.24, 2.45) is 5.92 Å². The van der Waals surface area contributed by atoms with E-state index < -0.39 is 7.60 Å². The van der Waals surface area contributed by atoms with Crippen LogP contribution in [0.1, 0.15) is 127 Å². The monoisotopic (exact) mass is 498 g/mol. The van der Waals surface area contributed by atoms with E-state index in [-0.39, 0.29) is 12.0 Å². The molecule has 2 rings (SSSR count). The number of hydrogen-bond acceptors (Lipinski definition) is 2. The maximum Gasteiger partial charge on any atom is 0.325 e. The molecule has 1 aliphatic carbocycles. The molecule has 4 nitrogen and oxygen atoms in total. The van der Waals surface area contributed by atoms with E-state index in [9.17, 15) is 4.57 Å². The first-order chi connectivity index (χ1) is 16.3. The fraction of sp³-hybridized carbons (Fsp3) is 0.786. The second-order valence-electron chi connectivity index (χ2n) is 10.3. The Bertz CT molecular complexity index is 740. The van der Waals surface area contributed by atoms with E-state index in [2.05, 4.69) is 19.9 Å². The van der Waals surface area contributed by atoms with Gasteiger partial charge in [0, 0.05) is 12.2 Å². The Morgan fingerprint density at radius 2 is 1.50 bits per heavy atom. The Hall–Kier alpha value is -0.900. The molecule has 0 unspecified atom stereocenters. The Labute approximate surface area is 207 Å². The van der Waals surface area contributed by atoms with E-state index >= 15 is 4.39 Å². The molecule has 0 atom stereocenters. The minimum absolute atomic E-state index is 0.0133. The van der Waals surface area contributed by atoms with Crippen LogP contribution in [0.2, 0.25) is 0 Å². The van der Waals surface area contributed by atoms with Crippen LogP contribution < -0.4 is 4.74 Å². The van der Waals surface area contributed by atoms with Crippen LogP contribution in [0.5, 0.6) is 5.75 Å². The van der Waals surface area contributed by atoms with Gasteiger partial charge in [-0.25, -0.2) is 4.39 Å². The Morgan fingerprint density at radius 1 is 0.912 bits per heavy atom. The predicted octanol–water partition coefficient (Wildman–Crippen LogP) is 8.53. The molecular weight excluding hydrogens is 450 g/mol. The second kappa shape index (κ2) is 16.0. The van der Waals surface area contributed by atoms with Crippen molar-refractivity contribution in [1.29, 1.82) is 0 Å². The van der Waals surface area contributed by atoms with Gasteiger partial charge in [-0.15, -0.1) is 0 Å². The molecule has 0 saturated heterocycles. The van der Waals surface area contributed by atoms with Gasteiger partial charge in [-0.3, -0.25) is 4.57 Å². The number of halogens is 1. The van der Waals surface area contributed by atoms with Gasteiger partial charge in [0.2, 0.25) is 0 Å². The van der Waals surface area contributed by atoms with Crippen LogP contribution in [0.15, 0.2) is 12.1 Å². The standard InChI is InChI=1S/C28H48FO4P/c1-3-14-23-15-17-25(18-16-23)28-24(4-2)21-26(22-27(28)29)33-19-12-10-8-6-5-7-9-11-13-20-34(30,31)32/h21-23,25H,3-20H2,1-2H3,(H2,30,31,32). The van der Waals surface area contributed by atoms with Crippen molar-refractivity contribution < 1.29 is 23.5 Å². The van der Waals surface area contributed by atoms with Crippen molar-refractivity contribution in [3.05, 3.63) is 29.1 Å². The van der Waals surface area contributed by atoms with E-state index in [1.807, 2.05) is 0 Å². The number of ether oxygens (including phenoxy) is 1. The molecule has 0 spiro atoms. The highest BCUT2D eigenvalue weighted by molar-refractivity contribution is 7.51. The molecule has 1 aromatic carbocycles. The zero-order chi connectivity index (χ0) is 24.8. The van der Waals surface area contributed by atoms with Crippen molar-refractivity contribution in [3.63, 3.8) is 0 Å². The molecule has 0 bridgehead atoms.